The molecule has 1 aromatic heterocycles. The van der Waals surface area contributed by atoms with E-state index in [-0.39, 0.29) is 0 Å². The SMILES string of the molecule is C=Cn1[pH][nH]pnp1Oc1ccccc1. The van der Waals surface area contributed by atoms with E-state index >= 15 is 0 Å². The van der Waals surface area contributed by atoms with Crippen molar-refractivity contribution in [1.82, 2.24) is 13.1 Å². The monoisotopic (exact) mass is 257 g/mol. The molecular formula is C8H10N3OP3. The molecule has 0 bridgehead atoms. The van der Waals surface area contributed by atoms with Crippen molar-refractivity contribution >= 4 is 31.3 Å². The highest BCUT2D eigenvalue weighted by atomic mass is 31.2. The van der Waals surface area contributed by atoms with Gasteiger partial charge in [0.25, 0.3) is 8.08 Å². The fraction of sp³-hybridized carbons (Fsp3) is 0. The van der Waals surface area contributed by atoms with E-state index in [9.17, 15) is 0 Å². The molecule has 0 aliphatic carbocycles. The molecule has 15 heavy (non-hydrogen) atoms. The van der Waals surface area contributed by atoms with Gasteiger partial charge in [-0.1, -0.05) is 24.8 Å². The number of hydrogen-bond acceptors (Lipinski definition) is 2. The quantitative estimate of drug-likeness (QED) is 0.906. The second-order valence-electron chi connectivity index (χ2n) is 2.60. The zero-order chi connectivity index (χ0) is 10.5. The Hall–Kier alpha value is -0.940. The van der Waals surface area contributed by atoms with E-state index < -0.39 is 8.08 Å². The normalized spacial score (nSPS) is 11.9. The first-order chi connectivity index (χ1) is 7.40. The Balaban J connectivity index is 2.28. The third-order valence-electron chi connectivity index (χ3n) is 1.62. The van der Waals surface area contributed by atoms with Gasteiger partial charge in [0.2, 0.25) is 0 Å². The van der Waals surface area contributed by atoms with Crippen molar-refractivity contribution in [3.63, 3.8) is 0 Å². The van der Waals surface area contributed by atoms with E-state index in [2.05, 4.69) is 15.6 Å². The summed E-state index contributed by atoms with van der Waals surface area (Å²) < 4.78 is 15.2. The molecule has 7 heteroatoms. The highest BCUT2D eigenvalue weighted by Crippen LogP contribution is 2.31. The van der Waals surface area contributed by atoms with Crippen LogP contribution in [-0.2, 0) is 0 Å². The molecule has 0 amide bonds. The maximum Gasteiger partial charge on any atom is 0.270 e. The molecule has 2 aromatic rings. The number of aromatic nitrogens is 3. The summed E-state index contributed by atoms with van der Waals surface area (Å²) in [6, 6.07) is 9.73. The minimum Gasteiger partial charge on any atom is -0.416 e. The minimum absolute atomic E-state index is 0.488. The number of para-hydroxylation sites is 1. The Bertz CT molecular complexity index is 466. The summed E-state index contributed by atoms with van der Waals surface area (Å²) in [5.74, 6) is 0.848. The van der Waals surface area contributed by atoms with Crippen LogP contribution in [0.2, 0.25) is 0 Å². The van der Waals surface area contributed by atoms with Crippen LogP contribution in [0.15, 0.2) is 36.9 Å². The van der Waals surface area contributed by atoms with Gasteiger partial charge in [0.1, 0.15) is 14.3 Å². The predicted molar refractivity (Wildman–Crippen MR) is 67.8 cm³/mol. The number of hydrogen-bond donors (Lipinski definition) is 1. The van der Waals surface area contributed by atoms with Gasteiger partial charge in [0, 0.05) is 14.7 Å². The number of benzene rings is 1. The fourth-order valence-corrected chi connectivity index (χ4v) is 4.80. The molecule has 0 radical (unpaired) electrons. The first-order valence-electron chi connectivity index (χ1n) is 4.26. The summed E-state index contributed by atoms with van der Waals surface area (Å²) in [5, 5.41) is 0. The zero-order valence-electron chi connectivity index (χ0n) is 7.87. The Morgan fingerprint density at radius 2 is 2.33 bits per heavy atom. The maximum absolute atomic E-state index is 5.77. The molecule has 1 heterocycles. The number of nitrogens with one attached hydrogen (secondary N) is 1. The van der Waals surface area contributed by atoms with Crippen molar-refractivity contribution in [1.29, 1.82) is 0 Å². The van der Waals surface area contributed by atoms with Crippen LogP contribution in [0.25, 0.3) is 6.20 Å². The first kappa shape index (κ1) is 10.6. The van der Waals surface area contributed by atoms with Gasteiger partial charge in [-0.2, -0.15) is 0 Å². The molecule has 78 valence electrons. The average molecular weight is 257 g/mol. The topological polar surface area (TPSA) is 42.8 Å². The Kier molecular flexibility index (Phi) is 3.69. The van der Waals surface area contributed by atoms with Crippen molar-refractivity contribution in [3.05, 3.63) is 36.9 Å². The number of nitrogens with zero attached hydrogens (tertiary/aromatic N) is 2. The molecule has 0 spiro atoms. The maximum atomic E-state index is 5.77. The van der Waals surface area contributed by atoms with Gasteiger partial charge in [0.15, 0.2) is 0 Å². The number of H-pyrrole nitrogens is 1. The summed E-state index contributed by atoms with van der Waals surface area (Å²) in [4.78, 5) is 0. The Morgan fingerprint density at radius 1 is 1.53 bits per heavy atom. The van der Waals surface area contributed by atoms with E-state index in [4.69, 9.17) is 4.52 Å². The number of aromatic amines is 1. The van der Waals surface area contributed by atoms with Crippen LogP contribution in [0.5, 0.6) is 5.75 Å². The molecule has 1 aromatic carbocycles. The predicted octanol–water partition coefficient (Wildman–Crippen LogP) is 3.88. The average Bonchev–Trinajstić information content (AvgIpc) is 2.31. The molecule has 4 nitrogen and oxygen atoms in total. The van der Waals surface area contributed by atoms with Gasteiger partial charge in [-0.25, -0.2) is 4.09 Å². The summed E-state index contributed by atoms with van der Waals surface area (Å²) in [7, 11) is 0.438. The van der Waals surface area contributed by atoms with E-state index in [0.29, 0.717) is 8.51 Å². The van der Waals surface area contributed by atoms with E-state index in [1.165, 1.54) is 0 Å². The largest absolute Gasteiger partial charge is 0.416 e. The molecule has 1 N–H and O–H groups in total. The third kappa shape index (κ3) is 2.76. The van der Waals surface area contributed by atoms with Gasteiger partial charge in [-0.3, -0.25) is 0 Å². The number of rotatable bonds is 3. The van der Waals surface area contributed by atoms with Gasteiger partial charge in [0.05, 0.1) is 0 Å². The summed E-state index contributed by atoms with van der Waals surface area (Å²) in [5.41, 5.74) is 0. The molecule has 0 saturated carbocycles. The summed E-state index contributed by atoms with van der Waals surface area (Å²) in [6.07, 6.45) is 1.76. The van der Waals surface area contributed by atoms with E-state index in [1.807, 2.05) is 34.4 Å². The van der Waals surface area contributed by atoms with Gasteiger partial charge >= 0.3 is 0 Å². The second kappa shape index (κ2) is 5.23. The van der Waals surface area contributed by atoms with Crippen molar-refractivity contribution < 1.29 is 4.52 Å². The molecule has 2 rings (SSSR count). The minimum atomic E-state index is -0.934. The van der Waals surface area contributed by atoms with Crippen LogP contribution in [0, 0.1) is 0 Å². The fourth-order valence-electron chi connectivity index (χ4n) is 0.973. The lowest BCUT2D eigenvalue weighted by molar-refractivity contribution is 0.621. The summed E-state index contributed by atoms with van der Waals surface area (Å²) >= 11 is 0. The van der Waals surface area contributed by atoms with Crippen LogP contribution >= 0.6 is 25.1 Å². The molecule has 0 saturated heterocycles. The van der Waals surface area contributed by atoms with Crippen LogP contribution in [0.4, 0.5) is 0 Å². The zero-order valence-corrected chi connectivity index (χ0v) is 10.7. The second-order valence-corrected chi connectivity index (χ2v) is 6.61. The lowest BCUT2D eigenvalue weighted by atomic mass is 10.3. The van der Waals surface area contributed by atoms with Crippen molar-refractivity contribution in [3.8, 4) is 5.75 Å². The van der Waals surface area contributed by atoms with E-state index in [1.54, 1.807) is 6.20 Å². The highest BCUT2D eigenvalue weighted by molar-refractivity contribution is 7.51. The summed E-state index contributed by atoms with van der Waals surface area (Å²) in [6.45, 7) is 3.74. The van der Waals surface area contributed by atoms with E-state index in [0.717, 1.165) is 14.3 Å². The molecule has 2 unspecified atom stereocenters. The highest BCUT2D eigenvalue weighted by Gasteiger charge is 1.99. The Morgan fingerprint density at radius 3 is 3.07 bits per heavy atom. The van der Waals surface area contributed by atoms with Crippen molar-refractivity contribution in [2.45, 2.75) is 0 Å². The van der Waals surface area contributed by atoms with Crippen LogP contribution < -0.4 is 4.52 Å². The van der Waals surface area contributed by atoms with Gasteiger partial charge < -0.3 is 9.03 Å². The van der Waals surface area contributed by atoms with Gasteiger partial charge in [-0.05, 0) is 12.1 Å². The molecule has 2 atom stereocenters. The van der Waals surface area contributed by atoms with Crippen LogP contribution in [-0.4, -0.2) is 13.1 Å². The first-order valence-corrected chi connectivity index (χ1v) is 7.22. The van der Waals surface area contributed by atoms with Crippen LogP contribution in [0.1, 0.15) is 0 Å². The molecule has 0 aliphatic heterocycles. The molecule has 0 aliphatic rings. The smallest absolute Gasteiger partial charge is 0.270 e. The van der Waals surface area contributed by atoms with Crippen molar-refractivity contribution in [2.75, 3.05) is 0 Å². The molecular weight excluding hydrogens is 247 g/mol. The van der Waals surface area contributed by atoms with Gasteiger partial charge in [-0.15, -0.1) is 4.51 Å². The lowest BCUT2D eigenvalue weighted by Gasteiger charge is -2.08. The lowest BCUT2D eigenvalue weighted by Crippen LogP contribution is -1.88. The standard InChI is InChI=1S/C8H10N3OP3/c1-2-11-14-9-13-10-15(11)12-8-6-4-3-5-7-8/h2-7,14H,1H2,(H,9,10). The molecule has 0 fully saturated rings. The van der Waals surface area contributed by atoms with Crippen LogP contribution in [0.3, 0.4) is 0 Å². The Labute approximate surface area is 92.0 Å². The van der Waals surface area contributed by atoms with Crippen molar-refractivity contribution in [2.24, 2.45) is 0 Å². The third-order valence-corrected chi connectivity index (χ3v) is 5.52.